The first-order valence-corrected chi connectivity index (χ1v) is 8.85. The zero-order chi connectivity index (χ0) is 16.2. The molecule has 1 unspecified atom stereocenters. The van der Waals surface area contributed by atoms with Crippen molar-refractivity contribution in [2.75, 3.05) is 26.7 Å². The third-order valence-corrected chi connectivity index (χ3v) is 5.23. The maximum absolute atomic E-state index is 10.9. The van der Waals surface area contributed by atoms with E-state index in [1.165, 1.54) is 24.0 Å². The number of carboxylic acids is 1. The van der Waals surface area contributed by atoms with E-state index < -0.39 is 5.97 Å². The van der Waals surface area contributed by atoms with Crippen molar-refractivity contribution >= 4 is 5.97 Å². The zero-order valence-electron chi connectivity index (χ0n) is 14.1. The van der Waals surface area contributed by atoms with Crippen molar-refractivity contribution in [1.82, 2.24) is 9.80 Å². The SMILES string of the molecule is CN(CC(=O)O)C1CCCN(Cc2ccc(C3CC3)cc2)CC1. The summed E-state index contributed by atoms with van der Waals surface area (Å²) < 4.78 is 0. The molecule has 4 heteroatoms. The summed E-state index contributed by atoms with van der Waals surface area (Å²) in [6.45, 7) is 3.33. The second-order valence-electron chi connectivity index (χ2n) is 7.19. The van der Waals surface area contributed by atoms with Gasteiger partial charge in [0.15, 0.2) is 0 Å². The van der Waals surface area contributed by atoms with Crippen LogP contribution in [0.1, 0.15) is 49.1 Å². The van der Waals surface area contributed by atoms with E-state index in [2.05, 4.69) is 29.2 Å². The van der Waals surface area contributed by atoms with Gasteiger partial charge >= 0.3 is 5.97 Å². The highest BCUT2D eigenvalue weighted by atomic mass is 16.4. The Morgan fingerprint density at radius 2 is 1.91 bits per heavy atom. The van der Waals surface area contributed by atoms with Crippen LogP contribution in [0.3, 0.4) is 0 Å². The van der Waals surface area contributed by atoms with E-state index in [4.69, 9.17) is 5.11 Å². The van der Waals surface area contributed by atoms with Gasteiger partial charge in [-0.3, -0.25) is 14.6 Å². The summed E-state index contributed by atoms with van der Waals surface area (Å²) in [6, 6.07) is 9.56. The first-order chi connectivity index (χ1) is 11.1. The van der Waals surface area contributed by atoms with Gasteiger partial charge in [-0.1, -0.05) is 24.3 Å². The second-order valence-corrected chi connectivity index (χ2v) is 7.19. The van der Waals surface area contributed by atoms with Crippen LogP contribution in [0.5, 0.6) is 0 Å². The predicted octanol–water partition coefficient (Wildman–Crippen LogP) is 2.93. The van der Waals surface area contributed by atoms with Crippen molar-refractivity contribution in [2.24, 2.45) is 0 Å². The molecule has 0 amide bonds. The summed E-state index contributed by atoms with van der Waals surface area (Å²) in [4.78, 5) is 15.4. The molecule has 2 fully saturated rings. The molecule has 126 valence electrons. The van der Waals surface area contributed by atoms with Gasteiger partial charge < -0.3 is 5.11 Å². The lowest BCUT2D eigenvalue weighted by Gasteiger charge is -2.25. The van der Waals surface area contributed by atoms with Crippen molar-refractivity contribution in [1.29, 1.82) is 0 Å². The average Bonchev–Trinajstić information content (AvgIpc) is 3.34. The molecule has 0 spiro atoms. The minimum atomic E-state index is -0.732. The Hall–Kier alpha value is -1.39. The summed E-state index contributed by atoms with van der Waals surface area (Å²) in [5.74, 6) is 0.0946. The van der Waals surface area contributed by atoms with E-state index in [1.807, 2.05) is 11.9 Å². The molecule has 0 radical (unpaired) electrons. The fourth-order valence-electron chi connectivity index (χ4n) is 3.65. The van der Waals surface area contributed by atoms with E-state index in [-0.39, 0.29) is 6.54 Å². The Morgan fingerprint density at radius 1 is 1.17 bits per heavy atom. The molecule has 1 aromatic rings. The highest BCUT2D eigenvalue weighted by Crippen LogP contribution is 2.39. The number of hydrogen-bond acceptors (Lipinski definition) is 3. The van der Waals surface area contributed by atoms with Crippen LogP contribution < -0.4 is 0 Å². The van der Waals surface area contributed by atoms with Gasteiger partial charge in [0.25, 0.3) is 0 Å². The molecule has 2 aliphatic rings. The normalized spacial score (nSPS) is 23.0. The maximum atomic E-state index is 10.9. The number of nitrogens with zero attached hydrogens (tertiary/aromatic N) is 2. The number of aliphatic carboxylic acids is 1. The van der Waals surface area contributed by atoms with Crippen molar-refractivity contribution in [2.45, 2.75) is 50.6 Å². The average molecular weight is 316 g/mol. The summed E-state index contributed by atoms with van der Waals surface area (Å²) >= 11 is 0. The fourth-order valence-corrected chi connectivity index (χ4v) is 3.65. The monoisotopic (exact) mass is 316 g/mol. The summed E-state index contributed by atoms with van der Waals surface area (Å²) in [5, 5.41) is 8.95. The standard InChI is InChI=1S/C19H28N2O2/c1-20(14-19(22)23)18-3-2-11-21(12-10-18)13-15-4-6-16(7-5-15)17-8-9-17/h4-7,17-18H,2-3,8-14H2,1H3,(H,22,23). The molecule has 3 rings (SSSR count). The molecule has 4 nitrogen and oxygen atoms in total. The number of rotatable bonds is 6. The van der Waals surface area contributed by atoms with Gasteiger partial charge in [0, 0.05) is 12.6 Å². The molecular weight excluding hydrogens is 288 g/mol. The lowest BCUT2D eigenvalue weighted by atomic mass is 10.1. The third kappa shape index (κ3) is 4.79. The predicted molar refractivity (Wildman–Crippen MR) is 91.6 cm³/mol. The first kappa shape index (κ1) is 16.5. The van der Waals surface area contributed by atoms with Gasteiger partial charge in [0.1, 0.15) is 0 Å². The van der Waals surface area contributed by atoms with Gasteiger partial charge in [0.05, 0.1) is 6.54 Å². The Balaban J connectivity index is 1.50. The molecular formula is C19H28N2O2. The molecule has 23 heavy (non-hydrogen) atoms. The fraction of sp³-hybridized carbons (Fsp3) is 0.632. The van der Waals surface area contributed by atoms with Gasteiger partial charge in [0.2, 0.25) is 0 Å². The maximum Gasteiger partial charge on any atom is 0.317 e. The van der Waals surface area contributed by atoms with E-state index in [0.29, 0.717) is 6.04 Å². The molecule has 1 atom stereocenters. The molecule has 1 aliphatic heterocycles. The van der Waals surface area contributed by atoms with Crippen LogP contribution in [0, 0.1) is 0 Å². The van der Waals surface area contributed by atoms with Gasteiger partial charge in [-0.2, -0.15) is 0 Å². The second kappa shape index (κ2) is 7.45. The van der Waals surface area contributed by atoms with Crippen LogP contribution in [0.15, 0.2) is 24.3 Å². The zero-order valence-corrected chi connectivity index (χ0v) is 14.1. The van der Waals surface area contributed by atoms with E-state index in [9.17, 15) is 4.79 Å². The smallest absolute Gasteiger partial charge is 0.317 e. The lowest BCUT2D eigenvalue weighted by Crippen LogP contribution is -2.36. The molecule has 1 aromatic carbocycles. The van der Waals surface area contributed by atoms with E-state index >= 15 is 0 Å². The molecule has 0 aromatic heterocycles. The van der Waals surface area contributed by atoms with Crippen molar-refractivity contribution in [3.63, 3.8) is 0 Å². The van der Waals surface area contributed by atoms with Gasteiger partial charge in [-0.05, 0) is 69.3 Å². The summed E-state index contributed by atoms with van der Waals surface area (Å²) in [5.41, 5.74) is 2.90. The highest BCUT2D eigenvalue weighted by Gasteiger charge is 2.24. The topological polar surface area (TPSA) is 43.8 Å². The number of hydrogen-bond donors (Lipinski definition) is 1. The van der Waals surface area contributed by atoms with Gasteiger partial charge in [-0.15, -0.1) is 0 Å². The van der Waals surface area contributed by atoms with Crippen LogP contribution in [-0.2, 0) is 11.3 Å². The van der Waals surface area contributed by atoms with E-state index in [1.54, 1.807) is 0 Å². The Labute approximate surface area is 139 Å². The van der Waals surface area contributed by atoms with Crippen molar-refractivity contribution < 1.29 is 9.90 Å². The largest absolute Gasteiger partial charge is 0.480 e. The highest BCUT2D eigenvalue weighted by molar-refractivity contribution is 5.69. The van der Waals surface area contributed by atoms with Crippen molar-refractivity contribution in [3.8, 4) is 0 Å². The first-order valence-electron chi connectivity index (χ1n) is 8.85. The van der Waals surface area contributed by atoms with Crippen molar-refractivity contribution in [3.05, 3.63) is 35.4 Å². The summed E-state index contributed by atoms with van der Waals surface area (Å²) in [7, 11) is 1.94. The minimum Gasteiger partial charge on any atom is -0.480 e. The van der Waals surface area contributed by atoms with Crippen LogP contribution >= 0.6 is 0 Å². The third-order valence-electron chi connectivity index (χ3n) is 5.23. The Bertz CT molecular complexity index is 525. The van der Waals surface area contributed by atoms with Crippen LogP contribution in [-0.4, -0.2) is 53.6 Å². The number of carboxylic acid groups (broad SMARTS) is 1. The molecule has 1 aliphatic carbocycles. The number of likely N-dealkylation sites (N-methyl/N-ethyl adjacent to an activating group) is 1. The molecule has 1 saturated carbocycles. The Morgan fingerprint density at radius 3 is 2.57 bits per heavy atom. The number of carbonyl (C=O) groups is 1. The quantitative estimate of drug-likeness (QED) is 0.876. The Kier molecular flexibility index (Phi) is 5.34. The van der Waals surface area contributed by atoms with Crippen LogP contribution in [0.25, 0.3) is 0 Å². The number of benzene rings is 1. The number of likely N-dealkylation sites (tertiary alicyclic amines) is 1. The molecule has 1 heterocycles. The van der Waals surface area contributed by atoms with Crippen LogP contribution in [0.4, 0.5) is 0 Å². The molecule has 1 saturated heterocycles. The summed E-state index contributed by atoms with van der Waals surface area (Å²) in [6.07, 6.45) is 6.02. The molecule has 1 N–H and O–H groups in total. The molecule has 0 bridgehead atoms. The minimum absolute atomic E-state index is 0.146. The van der Waals surface area contributed by atoms with Gasteiger partial charge in [-0.25, -0.2) is 0 Å². The lowest BCUT2D eigenvalue weighted by molar-refractivity contribution is -0.138. The van der Waals surface area contributed by atoms with Crippen LogP contribution in [0.2, 0.25) is 0 Å². The van der Waals surface area contributed by atoms with E-state index in [0.717, 1.165) is 44.8 Å².